The Kier molecular flexibility index (Phi) is 14.6. The Labute approximate surface area is 297 Å². The van der Waals surface area contributed by atoms with Gasteiger partial charge in [0.05, 0.1) is 26.2 Å². The van der Waals surface area contributed by atoms with E-state index >= 15 is 0 Å². The van der Waals surface area contributed by atoms with Gasteiger partial charge in [0.1, 0.15) is 11.2 Å². The largest absolute Gasteiger partial charge is 0.444 e. The molecule has 2 amide bonds. The molecule has 0 aliphatic carbocycles. The third-order valence-corrected chi connectivity index (χ3v) is 6.30. The van der Waals surface area contributed by atoms with Crippen molar-refractivity contribution in [1.29, 1.82) is 0 Å². The summed E-state index contributed by atoms with van der Waals surface area (Å²) >= 11 is 0. The summed E-state index contributed by atoms with van der Waals surface area (Å²) in [6.45, 7) is 12.2. The number of benzene rings is 3. The van der Waals surface area contributed by atoms with Crippen LogP contribution in [0.1, 0.15) is 63.8 Å². The first kappa shape index (κ1) is 38.8. The maximum absolute atomic E-state index is 12.1. The van der Waals surface area contributed by atoms with Gasteiger partial charge in [0.2, 0.25) is 0 Å². The van der Waals surface area contributed by atoms with E-state index in [4.69, 9.17) is 9.47 Å². The van der Waals surface area contributed by atoms with Gasteiger partial charge in [0, 0.05) is 22.3 Å². The Morgan fingerprint density at radius 3 is 1.18 bits per heavy atom. The first-order valence-electron chi connectivity index (χ1n) is 16.3. The highest BCUT2D eigenvalue weighted by atomic mass is 16.6. The number of rotatable bonds is 6. The molecule has 0 heterocycles. The summed E-state index contributed by atoms with van der Waals surface area (Å²) in [7, 11) is 3.73. The highest BCUT2D eigenvalue weighted by molar-refractivity contribution is 5.76. The molecule has 0 bridgehead atoms. The molecular weight excluding hydrogens is 624 g/mol. The lowest BCUT2D eigenvalue weighted by atomic mass is 9.95. The molecule has 8 nitrogen and oxygen atoms in total. The summed E-state index contributed by atoms with van der Waals surface area (Å²) in [5.74, 6) is 25.0. The van der Waals surface area contributed by atoms with Crippen LogP contribution in [0, 0.1) is 47.4 Å². The van der Waals surface area contributed by atoms with E-state index in [1.807, 2.05) is 50.5 Å². The van der Waals surface area contributed by atoms with Gasteiger partial charge in [-0.3, -0.25) is 0 Å². The number of hydrogen-bond donors (Lipinski definition) is 4. The molecule has 3 aromatic rings. The molecule has 0 aliphatic rings. The van der Waals surface area contributed by atoms with Crippen molar-refractivity contribution in [3.8, 4) is 69.6 Å². The molecular formula is C42H46N4O4. The van der Waals surface area contributed by atoms with E-state index in [1.54, 1.807) is 41.5 Å². The molecule has 0 spiro atoms. The molecule has 0 saturated carbocycles. The van der Waals surface area contributed by atoms with Crippen LogP contribution in [0.4, 0.5) is 9.59 Å². The number of alkyl carbamates (subject to hydrolysis) is 2. The summed E-state index contributed by atoms with van der Waals surface area (Å²) in [4.78, 5) is 24.2. The molecule has 0 aromatic heterocycles. The standard InChI is InChI=1S/C42H46N4O4/c1-41(2,3)49-39(47)45-22-12-16-33-25-34(17-13-23-46-40(48)50-42(4,5)6)29-38(28-33)36-19-9-18-35(30-36)37-26-31(14-10-20-43-7)24-32(27-37)15-11-21-44-8/h9,18-19,24-30,43-44H,20-23H2,1-8H3,(H,45,47)(H,46,48). The molecule has 8 heteroatoms. The van der Waals surface area contributed by atoms with Crippen LogP contribution in [0.2, 0.25) is 0 Å². The van der Waals surface area contributed by atoms with E-state index in [0.717, 1.165) is 33.4 Å². The van der Waals surface area contributed by atoms with Crippen molar-refractivity contribution in [3.63, 3.8) is 0 Å². The lowest BCUT2D eigenvalue weighted by Gasteiger charge is -2.19. The van der Waals surface area contributed by atoms with Gasteiger partial charge in [-0.15, -0.1) is 0 Å². The highest BCUT2D eigenvalue weighted by Crippen LogP contribution is 2.29. The van der Waals surface area contributed by atoms with Gasteiger partial charge in [-0.1, -0.05) is 65.6 Å². The quantitative estimate of drug-likeness (QED) is 0.243. The zero-order valence-corrected chi connectivity index (χ0v) is 30.2. The zero-order chi connectivity index (χ0) is 36.6. The molecule has 0 aliphatic heterocycles. The molecule has 0 atom stereocenters. The van der Waals surface area contributed by atoms with Crippen LogP contribution in [0.25, 0.3) is 22.3 Å². The van der Waals surface area contributed by atoms with Gasteiger partial charge < -0.3 is 30.7 Å². The lowest BCUT2D eigenvalue weighted by Crippen LogP contribution is -2.32. The van der Waals surface area contributed by atoms with Gasteiger partial charge in [0.25, 0.3) is 0 Å². The van der Waals surface area contributed by atoms with Crippen LogP contribution in [-0.4, -0.2) is 63.7 Å². The summed E-state index contributed by atoms with van der Waals surface area (Å²) in [5, 5.41) is 11.4. The molecule has 0 radical (unpaired) electrons. The van der Waals surface area contributed by atoms with E-state index in [0.29, 0.717) is 24.2 Å². The van der Waals surface area contributed by atoms with E-state index < -0.39 is 23.4 Å². The fraction of sp³-hybridized carbons (Fsp3) is 0.333. The second-order valence-electron chi connectivity index (χ2n) is 13.2. The first-order chi connectivity index (χ1) is 23.7. The SMILES string of the molecule is CNCC#Cc1cc(C#CCNC)cc(-c2cccc(-c3cc(C#CCNC(=O)OC(C)(C)C)cc(C#CCNC(=O)OC(C)(C)C)c3)c2)c1. The minimum Gasteiger partial charge on any atom is -0.444 e. The number of amides is 2. The van der Waals surface area contributed by atoms with Gasteiger partial charge >= 0.3 is 12.2 Å². The molecule has 0 unspecified atom stereocenters. The van der Waals surface area contributed by atoms with E-state index in [1.165, 1.54) is 0 Å². The maximum Gasteiger partial charge on any atom is 0.408 e. The molecule has 3 aromatic carbocycles. The summed E-state index contributed by atoms with van der Waals surface area (Å²) in [5.41, 5.74) is 5.85. The Balaban J connectivity index is 1.99. The van der Waals surface area contributed by atoms with Crippen molar-refractivity contribution in [2.45, 2.75) is 52.7 Å². The van der Waals surface area contributed by atoms with Crippen LogP contribution in [0.3, 0.4) is 0 Å². The van der Waals surface area contributed by atoms with Crippen molar-refractivity contribution < 1.29 is 19.1 Å². The Morgan fingerprint density at radius 2 is 0.860 bits per heavy atom. The maximum atomic E-state index is 12.1. The van der Waals surface area contributed by atoms with E-state index in [-0.39, 0.29) is 13.1 Å². The van der Waals surface area contributed by atoms with Gasteiger partial charge in [-0.05, 0) is 120 Å². The molecule has 4 N–H and O–H groups in total. The monoisotopic (exact) mass is 670 g/mol. The van der Waals surface area contributed by atoms with Gasteiger partial charge in [-0.25, -0.2) is 9.59 Å². The van der Waals surface area contributed by atoms with Crippen LogP contribution >= 0.6 is 0 Å². The molecule has 0 saturated heterocycles. The average molecular weight is 671 g/mol. The van der Waals surface area contributed by atoms with E-state index in [2.05, 4.69) is 92.9 Å². The van der Waals surface area contributed by atoms with Crippen molar-refractivity contribution in [1.82, 2.24) is 21.3 Å². The fourth-order valence-corrected chi connectivity index (χ4v) is 4.38. The summed E-state index contributed by atoms with van der Waals surface area (Å²) < 4.78 is 10.6. The van der Waals surface area contributed by atoms with E-state index in [9.17, 15) is 9.59 Å². The lowest BCUT2D eigenvalue weighted by molar-refractivity contribution is 0.0523. The number of nitrogens with one attached hydrogen (secondary N) is 4. The third-order valence-electron chi connectivity index (χ3n) is 6.30. The molecule has 258 valence electrons. The van der Waals surface area contributed by atoms with Crippen molar-refractivity contribution >= 4 is 12.2 Å². The third kappa shape index (κ3) is 14.6. The minimum atomic E-state index is -0.602. The summed E-state index contributed by atoms with van der Waals surface area (Å²) in [6.07, 6.45) is -1.07. The zero-order valence-electron chi connectivity index (χ0n) is 30.2. The number of carbonyl (C=O) groups is 2. The Hall–Kier alpha value is -5.64. The second-order valence-corrected chi connectivity index (χ2v) is 13.2. The van der Waals surface area contributed by atoms with Gasteiger partial charge in [0.15, 0.2) is 0 Å². The molecule has 0 fully saturated rings. The van der Waals surface area contributed by atoms with Crippen molar-refractivity contribution in [2.24, 2.45) is 0 Å². The molecule has 3 rings (SSSR count). The van der Waals surface area contributed by atoms with Crippen molar-refractivity contribution in [2.75, 3.05) is 40.3 Å². The van der Waals surface area contributed by atoms with Crippen molar-refractivity contribution in [3.05, 3.63) is 82.9 Å². The average Bonchev–Trinajstić information content (AvgIpc) is 3.04. The topological polar surface area (TPSA) is 101 Å². The smallest absolute Gasteiger partial charge is 0.408 e. The fourth-order valence-electron chi connectivity index (χ4n) is 4.38. The van der Waals surface area contributed by atoms with Crippen LogP contribution in [0.15, 0.2) is 60.7 Å². The number of hydrogen-bond acceptors (Lipinski definition) is 6. The number of ether oxygens (including phenoxy) is 2. The minimum absolute atomic E-state index is 0.114. The Bertz CT molecular complexity index is 1810. The predicted molar refractivity (Wildman–Crippen MR) is 201 cm³/mol. The molecule has 50 heavy (non-hydrogen) atoms. The summed E-state index contributed by atoms with van der Waals surface area (Å²) in [6, 6.07) is 20.2. The second kappa shape index (κ2) is 18.8. The normalized spacial score (nSPS) is 10.4. The Morgan fingerprint density at radius 1 is 0.520 bits per heavy atom. The first-order valence-corrected chi connectivity index (χ1v) is 16.3. The van der Waals surface area contributed by atoms with Crippen LogP contribution in [0.5, 0.6) is 0 Å². The number of carbonyl (C=O) groups excluding carboxylic acids is 2. The highest BCUT2D eigenvalue weighted by Gasteiger charge is 2.16. The van der Waals surface area contributed by atoms with Crippen LogP contribution in [-0.2, 0) is 9.47 Å². The van der Waals surface area contributed by atoms with Gasteiger partial charge in [-0.2, -0.15) is 0 Å². The van der Waals surface area contributed by atoms with Crippen LogP contribution < -0.4 is 21.3 Å². The predicted octanol–water partition coefficient (Wildman–Crippen LogP) is 5.91.